The number of nitrogens with two attached hydrogens (primary N) is 1. The molecule has 2 atom stereocenters. The number of fused-ring (bicyclic) bond motifs is 1. The first kappa shape index (κ1) is 13.7. The Hall–Kier alpha value is -2.28. The maximum atomic E-state index is 11.0. The number of nitrogens with zero attached hydrogens (tertiary/aromatic N) is 4. The van der Waals surface area contributed by atoms with Crippen LogP contribution in [0.4, 0.5) is 11.5 Å². The summed E-state index contributed by atoms with van der Waals surface area (Å²) in [6, 6.07) is 4.75. The molecular formula is C14H17N5O2. The van der Waals surface area contributed by atoms with Gasteiger partial charge in [-0.05, 0) is 18.4 Å². The van der Waals surface area contributed by atoms with Crippen molar-refractivity contribution in [1.29, 1.82) is 0 Å². The SMILES string of the molecule is CC1CC(N)CN(c2ncnc3ccc([N+](=O)[O-])cc23)C1. The lowest BCUT2D eigenvalue weighted by Crippen LogP contribution is -2.46. The number of non-ortho nitro benzene ring substituents is 1. The van der Waals surface area contributed by atoms with E-state index in [4.69, 9.17) is 5.73 Å². The number of hydrogen-bond acceptors (Lipinski definition) is 6. The van der Waals surface area contributed by atoms with Crippen molar-refractivity contribution in [3.05, 3.63) is 34.6 Å². The number of rotatable bonds is 2. The Bertz CT molecular complexity index is 680. The summed E-state index contributed by atoms with van der Waals surface area (Å²) in [6.45, 7) is 3.71. The van der Waals surface area contributed by atoms with Crippen molar-refractivity contribution in [2.75, 3.05) is 18.0 Å². The highest BCUT2D eigenvalue weighted by atomic mass is 16.6. The molecule has 2 heterocycles. The molecular weight excluding hydrogens is 270 g/mol. The highest BCUT2D eigenvalue weighted by molar-refractivity contribution is 5.91. The van der Waals surface area contributed by atoms with Gasteiger partial charge in [0.05, 0.1) is 10.4 Å². The van der Waals surface area contributed by atoms with Gasteiger partial charge in [-0.25, -0.2) is 9.97 Å². The summed E-state index contributed by atoms with van der Waals surface area (Å²) in [4.78, 5) is 21.2. The molecule has 7 heteroatoms. The van der Waals surface area contributed by atoms with Crippen LogP contribution in [0.1, 0.15) is 13.3 Å². The minimum Gasteiger partial charge on any atom is -0.354 e. The molecule has 1 saturated heterocycles. The summed E-state index contributed by atoms with van der Waals surface area (Å²) in [5.41, 5.74) is 6.84. The van der Waals surface area contributed by atoms with Crippen LogP contribution in [0.25, 0.3) is 10.9 Å². The molecule has 7 nitrogen and oxygen atoms in total. The molecule has 21 heavy (non-hydrogen) atoms. The van der Waals surface area contributed by atoms with E-state index in [2.05, 4.69) is 21.8 Å². The number of hydrogen-bond donors (Lipinski definition) is 1. The minimum atomic E-state index is -0.402. The van der Waals surface area contributed by atoms with Crippen molar-refractivity contribution in [2.45, 2.75) is 19.4 Å². The van der Waals surface area contributed by atoms with Crippen LogP contribution in [0.5, 0.6) is 0 Å². The second kappa shape index (κ2) is 5.25. The molecule has 1 aromatic carbocycles. The summed E-state index contributed by atoms with van der Waals surface area (Å²) in [6.07, 6.45) is 2.48. The first-order valence-electron chi connectivity index (χ1n) is 6.94. The van der Waals surface area contributed by atoms with Gasteiger partial charge in [0, 0.05) is 36.7 Å². The quantitative estimate of drug-likeness (QED) is 0.667. The predicted octanol–water partition coefficient (Wildman–Crippen LogP) is 1.71. The smallest absolute Gasteiger partial charge is 0.270 e. The summed E-state index contributed by atoms with van der Waals surface area (Å²) in [5, 5.41) is 11.7. The molecule has 0 saturated carbocycles. The highest BCUT2D eigenvalue weighted by Gasteiger charge is 2.25. The lowest BCUT2D eigenvalue weighted by atomic mass is 9.96. The Morgan fingerprint density at radius 3 is 2.90 bits per heavy atom. The average molecular weight is 287 g/mol. The lowest BCUT2D eigenvalue weighted by molar-refractivity contribution is -0.384. The van der Waals surface area contributed by atoms with Crippen LogP contribution in [0.2, 0.25) is 0 Å². The van der Waals surface area contributed by atoms with Gasteiger partial charge in [-0.1, -0.05) is 6.92 Å². The van der Waals surface area contributed by atoms with Crippen LogP contribution in [0, 0.1) is 16.0 Å². The van der Waals surface area contributed by atoms with E-state index in [-0.39, 0.29) is 11.7 Å². The minimum absolute atomic E-state index is 0.0490. The van der Waals surface area contributed by atoms with E-state index in [0.29, 0.717) is 23.4 Å². The monoisotopic (exact) mass is 287 g/mol. The van der Waals surface area contributed by atoms with E-state index in [0.717, 1.165) is 18.8 Å². The van der Waals surface area contributed by atoms with Crippen LogP contribution in [0.3, 0.4) is 0 Å². The van der Waals surface area contributed by atoms with Gasteiger partial charge in [0.1, 0.15) is 12.1 Å². The largest absolute Gasteiger partial charge is 0.354 e. The second-order valence-electron chi connectivity index (χ2n) is 5.66. The van der Waals surface area contributed by atoms with Gasteiger partial charge in [0.15, 0.2) is 0 Å². The molecule has 0 amide bonds. The molecule has 0 aliphatic carbocycles. The number of nitro benzene ring substituents is 1. The average Bonchev–Trinajstić information content (AvgIpc) is 2.45. The third-order valence-electron chi connectivity index (χ3n) is 3.80. The van der Waals surface area contributed by atoms with Crippen LogP contribution in [-0.2, 0) is 0 Å². The molecule has 2 aromatic rings. The molecule has 3 rings (SSSR count). The van der Waals surface area contributed by atoms with E-state index < -0.39 is 4.92 Å². The van der Waals surface area contributed by atoms with Crippen LogP contribution < -0.4 is 10.6 Å². The zero-order valence-corrected chi connectivity index (χ0v) is 11.8. The van der Waals surface area contributed by atoms with Crippen molar-refractivity contribution in [3.63, 3.8) is 0 Å². The molecule has 2 unspecified atom stereocenters. The molecule has 110 valence electrons. The third kappa shape index (κ3) is 2.64. The Balaban J connectivity index is 2.08. The summed E-state index contributed by atoms with van der Waals surface area (Å²) < 4.78 is 0. The molecule has 2 N–H and O–H groups in total. The zero-order chi connectivity index (χ0) is 15.0. The molecule has 1 fully saturated rings. The molecule has 1 aliphatic heterocycles. The number of aromatic nitrogens is 2. The Labute approximate surface area is 121 Å². The summed E-state index contributed by atoms with van der Waals surface area (Å²) >= 11 is 0. The van der Waals surface area contributed by atoms with E-state index >= 15 is 0 Å². The number of anilines is 1. The fraction of sp³-hybridized carbons (Fsp3) is 0.429. The molecule has 0 bridgehead atoms. The zero-order valence-electron chi connectivity index (χ0n) is 11.8. The third-order valence-corrected chi connectivity index (χ3v) is 3.80. The Kier molecular flexibility index (Phi) is 3.42. The standard InChI is InChI=1S/C14H17N5O2/c1-9-4-10(15)7-18(6-9)14-12-5-11(19(20)21)2-3-13(12)16-8-17-14/h2-3,5,8-10H,4,6-7,15H2,1H3. The van der Waals surface area contributed by atoms with E-state index in [1.54, 1.807) is 6.07 Å². The van der Waals surface area contributed by atoms with E-state index in [1.165, 1.54) is 18.5 Å². The predicted molar refractivity (Wildman–Crippen MR) is 80.2 cm³/mol. The molecule has 0 radical (unpaired) electrons. The van der Waals surface area contributed by atoms with E-state index in [1.807, 2.05) is 0 Å². The van der Waals surface area contributed by atoms with Gasteiger partial charge in [0.2, 0.25) is 0 Å². The number of nitro groups is 1. The van der Waals surface area contributed by atoms with Crippen molar-refractivity contribution in [2.24, 2.45) is 11.7 Å². The normalized spacial score (nSPS) is 22.5. The van der Waals surface area contributed by atoms with Crippen LogP contribution in [0.15, 0.2) is 24.5 Å². The van der Waals surface area contributed by atoms with Gasteiger partial charge in [0.25, 0.3) is 5.69 Å². The summed E-state index contributed by atoms with van der Waals surface area (Å²) in [7, 11) is 0. The van der Waals surface area contributed by atoms with Gasteiger partial charge >= 0.3 is 0 Å². The second-order valence-corrected chi connectivity index (χ2v) is 5.66. The van der Waals surface area contributed by atoms with Gasteiger partial charge in [-0.15, -0.1) is 0 Å². The topological polar surface area (TPSA) is 98.2 Å². The summed E-state index contributed by atoms with van der Waals surface area (Å²) in [5.74, 6) is 1.20. The fourth-order valence-corrected chi connectivity index (χ4v) is 2.97. The Morgan fingerprint density at radius 2 is 2.19 bits per heavy atom. The van der Waals surface area contributed by atoms with Gasteiger partial charge < -0.3 is 10.6 Å². The molecule has 0 spiro atoms. The number of piperidine rings is 1. The fourth-order valence-electron chi connectivity index (χ4n) is 2.97. The Morgan fingerprint density at radius 1 is 1.38 bits per heavy atom. The van der Waals surface area contributed by atoms with E-state index in [9.17, 15) is 10.1 Å². The first-order valence-corrected chi connectivity index (χ1v) is 6.94. The maximum Gasteiger partial charge on any atom is 0.270 e. The first-order chi connectivity index (χ1) is 10.0. The van der Waals surface area contributed by atoms with Crippen molar-refractivity contribution in [1.82, 2.24) is 9.97 Å². The van der Waals surface area contributed by atoms with Crippen molar-refractivity contribution < 1.29 is 4.92 Å². The van der Waals surface area contributed by atoms with Gasteiger partial charge in [-0.2, -0.15) is 0 Å². The lowest BCUT2D eigenvalue weighted by Gasteiger charge is -2.35. The van der Waals surface area contributed by atoms with Gasteiger partial charge in [-0.3, -0.25) is 10.1 Å². The maximum absolute atomic E-state index is 11.0. The highest BCUT2D eigenvalue weighted by Crippen LogP contribution is 2.29. The van der Waals surface area contributed by atoms with Crippen LogP contribution >= 0.6 is 0 Å². The van der Waals surface area contributed by atoms with Crippen LogP contribution in [-0.4, -0.2) is 34.0 Å². The molecule has 1 aliphatic rings. The molecule has 1 aromatic heterocycles. The van der Waals surface area contributed by atoms with Crippen molar-refractivity contribution in [3.8, 4) is 0 Å². The number of benzene rings is 1. The van der Waals surface area contributed by atoms with Crippen molar-refractivity contribution >= 4 is 22.4 Å².